The van der Waals surface area contributed by atoms with Crippen molar-refractivity contribution in [1.82, 2.24) is 19.3 Å². The van der Waals surface area contributed by atoms with Crippen molar-refractivity contribution in [2.45, 2.75) is 18.7 Å². The highest BCUT2D eigenvalue weighted by atomic mass is 32.2. The third-order valence-electron chi connectivity index (χ3n) is 5.96. The number of hydrogen-bond donors (Lipinski definition) is 2. The number of aryl methyl sites for hydroxylation is 2. The Bertz CT molecular complexity index is 1840. The van der Waals surface area contributed by atoms with Crippen LogP contribution in [0.3, 0.4) is 0 Å². The summed E-state index contributed by atoms with van der Waals surface area (Å²) >= 11 is 0. The topological polar surface area (TPSA) is 156 Å². The minimum atomic E-state index is -3.94. The average molecular weight is 515 g/mol. The van der Waals surface area contributed by atoms with Gasteiger partial charge < -0.3 is 5.73 Å². The van der Waals surface area contributed by atoms with Gasteiger partial charge in [0.05, 0.1) is 27.3 Å². The molecule has 0 aliphatic carbocycles. The molecule has 0 spiro atoms. The van der Waals surface area contributed by atoms with E-state index >= 15 is 0 Å². The molecule has 0 fully saturated rings. The van der Waals surface area contributed by atoms with Crippen LogP contribution in [0.5, 0.6) is 0 Å². The number of carbonyl (C=O) groups excluding carboxylic acids is 2. The van der Waals surface area contributed by atoms with Crippen molar-refractivity contribution < 1.29 is 18.0 Å². The molecule has 11 heteroatoms. The molecule has 4 N–H and O–H groups in total. The Morgan fingerprint density at radius 3 is 2.41 bits per heavy atom. The van der Waals surface area contributed by atoms with E-state index in [1.54, 1.807) is 80.6 Å². The molecule has 10 nitrogen and oxygen atoms in total. The third kappa shape index (κ3) is 4.30. The molecule has 0 saturated heterocycles. The number of hydrogen-bond acceptors (Lipinski definition) is 6. The number of primary amides is 1. The maximum absolute atomic E-state index is 13.8. The molecule has 3 aromatic carbocycles. The van der Waals surface area contributed by atoms with Gasteiger partial charge in [-0.15, -0.1) is 0 Å². The first-order valence-electron chi connectivity index (χ1n) is 11.2. The summed E-state index contributed by atoms with van der Waals surface area (Å²) in [6, 6.07) is 19.8. The van der Waals surface area contributed by atoms with Crippen LogP contribution in [0, 0.1) is 13.8 Å². The maximum Gasteiger partial charge on any atom is 0.282 e. The van der Waals surface area contributed by atoms with Gasteiger partial charge in [-0.3, -0.25) is 14.2 Å². The summed E-state index contributed by atoms with van der Waals surface area (Å²) in [6.45, 7) is 3.47. The number of benzene rings is 3. The number of aromatic nitrogens is 4. The highest BCUT2D eigenvalue weighted by molar-refractivity contribution is 7.89. The fraction of sp³-hybridized carbons (Fsp3) is 0.0769. The Morgan fingerprint density at radius 1 is 0.919 bits per heavy atom. The third-order valence-corrected chi connectivity index (χ3v) is 6.92. The lowest BCUT2D eigenvalue weighted by Crippen LogP contribution is -2.18. The highest BCUT2D eigenvalue weighted by Gasteiger charge is 2.23. The predicted octanol–water partition coefficient (Wildman–Crippen LogP) is 2.94. The second kappa shape index (κ2) is 8.80. The zero-order chi connectivity index (χ0) is 26.5. The number of fused-ring (bicyclic) bond motifs is 1. The van der Waals surface area contributed by atoms with Gasteiger partial charge in [-0.1, -0.05) is 30.3 Å². The molecule has 2 aromatic heterocycles. The van der Waals surface area contributed by atoms with Crippen molar-refractivity contribution in [3.05, 3.63) is 95.6 Å². The molecule has 0 bridgehead atoms. The molecule has 0 aliphatic rings. The van der Waals surface area contributed by atoms with Crippen molar-refractivity contribution in [3.8, 4) is 16.8 Å². The number of nitrogens with zero attached hydrogens (tertiary/aromatic N) is 4. The molecule has 0 atom stereocenters. The van der Waals surface area contributed by atoms with E-state index in [4.69, 9.17) is 10.9 Å². The van der Waals surface area contributed by atoms with Crippen LogP contribution in [0.2, 0.25) is 0 Å². The van der Waals surface area contributed by atoms with Crippen molar-refractivity contribution in [2.24, 2.45) is 10.9 Å². The Kier molecular flexibility index (Phi) is 5.73. The lowest BCUT2D eigenvalue weighted by Gasteiger charge is -2.10. The van der Waals surface area contributed by atoms with Crippen LogP contribution in [0.4, 0.5) is 0 Å². The number of carbonyl (C=O) groups is 2. The van der Waals surface area contributed by atoms with Gasteiger partial charge in [-0.05, 0) is 61.9 Å². The second-order valence-corrected chi connectivity index (χ2v) is 10.1. The molecule has 0 aliphatic heterocycles. The first-order chi connectivity index (χ1) is 17.5. The molecule has 0 unspecified atom stereocenters. The lowest BCUT2D eigenvalue weighted by molar-refractivity contribution is 0.0953. The molecule has 0 saturated carbocycles. The number of imidazole rings is 1. The van der Waals surface area contributed by atoms with E-state index in [0.717, 1.165) is 0 Å². The zero-order valence-electron chi connectivity index (χ0n) is 19.9. The maximum atomic E-state index is 13.8. The minimum Gasteiger partial charge on any atom is -0.366 e. The quantitative estimate of drug-likeness (QED) is 0.367. The standard InChI is InChI=1S/C26H22N6O4S/c1-15-12-23(32(30-15)19-7-5-6-18(13-19)25(27)33)26(34)31-16(2)29-21-14-17(10-11-22(21)31)20-8-3-4-9-24(20)37(28,35)36/h3-14H,1-2H3,(H2,27,33)(H2,28,35,36). The SMILES string of the molecule is Cc1cc(C(=O)n2c(C)nc3cc(-c4ccccc4S(N)(=O)=O)ccc32)n(-c2cccc(C(N)=O)c2)n1. The van der Waals surface area contributed by atoms with Gasteiger partial charge in [-0.2, -0.15) is 5.10 Å². The Labute approximate surface area is 212 Å². The second-order valence-electron chi connectivity index (χ2n) is 8.54. The minimum absolute atomic E-state index is 0.000788. The lowest BCUT2D eigenvalue weighted by atomic mass is 10.1. The molecule has 37 heavy (non-hydrogen) atoms. The Morgan fingerprint density at radius 2 is 1.68 bits per heavy atom. The van der Waals surface area contributed by atoms with Crippen LogP contribution in [0.1, 0.15) is 32.4 Å². The summed E-state index contributed by atoms with van der Waals surface area (Å²) < 4.78 is 27.1. The van der Waals surface area contributed by atoms with Gasteiger partial charge in [0.1, 0.15) is 11.5 Å². The predicted molar refractivity (Wildman–Crippen MR) is 138 cm³/mol. The zero-order valence-corrected chi connectivity index (χ0v) is 20.7. The summed E-state index contributed by atoms with van der Waals surface area (Å²) in [4.78, 5) is 30.0. The fourth-order valence-corrected chi connectivity index (χ4v) is 5.09. The highest BCUT2D eigenvalue weighted by Crippen LogP contribution is 2.30. The van der Waals surface area contributed by atoms with Crippen molar-refractivity contribution in [2.75, 3.05) is 0 Å². The smallest absolute Gasteiger partial charge is 0.282 e. The Hall–Kier alpha value is -4.61. The van der Waals surface area contributed by atoms with E-state index in [1.165, 1.54) is 15.3 Å². The summed E-state index contributed by atoms with van der Waals surface area (Å²) in [6.07, 6.45) is 0. The number of sulfonamides is 1. The summed E-state index contributed by atoms with van der Waals surface area (Å²) in [7, 11) is -3.94. The molecule has 0 radical (unpaired) electrons. The summed E-state index contributed by atoms with van der Waals surface area (Å²) in [5.74, 6) is -0.522. The van der Waals surface area contributed by atoms with Crippen LogP contribution in [0.15, 0.2) is 77.7 Å². The van der Waals surface area contributed by atoms with Crippen molar-refractivity contribution in [3.63, 3.8) is 0 Å². The average Bonchev–Trinajstić information content (AvgIpc) is 3.41. The van der Waals surface area contributed by atoms with E-state index < -0.39 is 15.9 Å². The number of amides is 1. The van der Waals surface area contributed by atoms with Crippen LogP contribution in [0.25, 0.3) is 27.8 Å². The van der Waals surface area contributed by atoms with Crippen LogP contribution < -0.4 is 10.9 Å². The van der Waals surface area contributed by atoms with Gasteiger partial charge in [0.25, 0.3) is 5.91 Å². The number of nitrogens with two attached hydrogens (primary N) is 2. The number of rotatable bonds is 5. The first-order valence-corrected chi connectivity index (χ1v) is 12.7. The van der Waals surface area contributed by atoms with Gasteiger partial charge in [-0.25, -0.2) is 23.2 Å². The molecule has 2 heterocycles. The molecular formula is C26H22N6O4S. The summed E-state index contributed by atoms with van der Waals surface area (Å²) in [5.41, 5.74) is 9.18. The fourth-order valence-electron chi connectivity index (χ4n) is 4.33. The van der Waals surface area contributed by atoms with Crippen LogP contribution in [-0.2, 0) is 10.0 Å². The number of primary sulfonamides is 1. The van der Waals surface area contributed by atoms with Gasteiger partial charge in [0.15, 0.2) is 0 Å². The van der Waals surface area contributed by atoms with E-state index in [0.29, 0.717) is 44.9 Å². The normalized spacial score (nSPS) is 11.6. The van der Waals surface area contributed by atoms with E-state index in [-0.39, 0.29) is 16.5 Å². The van der Waals surface area contributed by atoms with Crippen molar-refractivity contribution in [1.29, 1.82) is 0 Å². The largest absolute Gasteiger partial charge is 0.366 e. The summed E-state index contributed by atoms with van der Waals surface area (Å²) in [5, 5.41) is 9.85. The van der Waals surface area contributed by atoms with Gasteiger partial charge in [0, 0.05) is 11.1 Å². The van der Waals surface area contributed by atoms with E-state index in [9.17, 15) is 18.0 Å². The molecule has 5 aromatic rings. The first kappa shape index (κ1) is 24.1. The van der Waals surface area contributed by atoms with E-state index in [1.807, 2.05) is 0 Å². The van der Waals surface area contributed by atoms with Gasteiger partial charge in [0.2, 0.25) is 15.9 Å². The van der Waals surface area contributed by atoms with E-state index in [2.05, 4.69) is 10.1 Å². The van der Waals surface area contributed by atoms with Crippen molar-refractivity contribution >= 4 is 32.9 Å². The van der Waals surface area contributed by atoms with Crippen LogP contribution >= 0.6 is 0 Å². The Balaban J connectivity index is 1.62. The van der Waals surface area contributed by atoms with Crippen LogP contribution in [-0.4, -0.2) is 39.6 Å². The van der Waals surface area contributed by atoms with Gasteiger partial charge >= 0.3 is 0 Å². The molecule has 5 rings (SSSR count). The molecular weight excluding hydrogens is 492 g/mol. The molecule has 1 amide bonds. The molecule has 186 valence electrons. The monoisotopic (exact) mass is 514 g/mol.